The molecule has 3 amide bonds. The Balaban J connectivity index is 3.63. The number of nitrogens with one attached hydrogen (secondary N) is 2. The van der Waals surface area contributed by atoms with Gasteiger partial charge in [0.2, 0.25) is 11.8 Å². The van der Waals surface area contributed by atoms with Crippen LogP contribution in [0, 0.1) is 12.8 Å². The summed E-state index contributed by atoms with van der Waals surface area (Å²) in [4.78, 5) is 42.7. The number of ether oxygens (including phenoxy) is 1. The van der Waals surface area contributed by atoms with Gasteiger partial charge in [-0.15, -0.1) is 0 Å². The van der Waals surface area contributed by atoms with Crippen LogP contribution in [0.15, 0.2) is 18.2 Å². The molecule has 1 aromatic carbocycles. The molecule has 0 fully saturated rings. The van der Waals surface area contributed by atoms with Gasteiger partial charge in [0, 0.05) is 18.2 Å². The highest BCUT2D eigenvalue weighted by Crippen LogP contribution is 2.34. The number of hydrogen-bond donors (Lipinski definition) is 3. The first-order chi connectivity index (χ1) is 18.7. The number of benzene rings is 1. The molecule has 0 saturated heterocycles. The number of unbranched alkanes of at least 4 members (excludes halogenated alkanes) is 2. The van der Waals surface area contributed by atoms with Crippen LogP contribution in [0.25, 0.3) is 0 Å². The maximum atomic E-state index is 14.4. The lowest BCUT2D eigenvalue weighted by Crippen LogP contribution is -2.55. The minimum Gasteiger partial charge on any atom is -0.507 e. The smallest absolute Gasteiger partial charge is 0.408 e. The van der Waals surface area contributed by atoms with Crippen molar-refractivity contribution in [1.29, 1.82) is 0 Å². The van der Waals surface area contributed by atoms with E-state index in [9.17, 15) is 19.5 Å². The number of aromatic hydroxyl groups is 1. The van der Waals surface area contributed by atoms with E-state index in [0.717, 1.165) is 25.7 Å². The molecule has 0 aliphatic rings. The third-order valence-electron chi connectivity index (χ3n) is 6.66. The van der Waals surface area contributed by atoms with E-state index in [-0.39, 0.29) is 23.6 Å². The van der Waals surface area contributed by atoms with Crippen molar-refractivity contribution in [1.82, 2.24) is 15.5 Å². The van der Waals surface area contributed by atoms with Crippen LogP contribution in [0.5, 0.6) is 5.75 Å². The van der Waals surface area contributed by atoms with Crippen molar-refractivity contribution < 1.29 is 24.2 Å². The van der Waals surface area contributed by atoms with Gasteiger partial charge in [-0.1, -0.05) is 51.8 Å². The van der Waals surface area contributed by atoms with Gasteiger partial charge in [0.1, 0.15) is 23.4 Å². The summed E-state index contributed by atoms with van der Waals surface area (Å²) in [7, 11) is 0. The number of carbonyl (C=O) groups is 3. The number of nitrogens with zero attached hydrogens (tertiary/aromatic N) is 1. The van der Waals surface area contributed by atoms with Gasteiger partial charge in [-0.05, 0) is 83.8 Å². The third kappa shape index (κ3) is 12.0. The van der Waals surface area contributed by atoms with E-state index in [4.69, 9.17) is 4.74 Å². The van der Waals surface area contributed by atoms with Gasteiger partial charge in [0.15, 0.2) is 0 Å². The predicted octanol–water partition coefficient (Wildman–Crippen LogP) is 6.35. The molecule has 0 aliphatic carbocycles. The van der Waals surface area contributed by atoms with Gasteiger partial charge >= 0.3 is 6.09 Å². The zero-order valence-corrected chi connectivity index (χ0v) is 27.0. The maximum absolute atomic E-state index is 14.4. The first kappa shape index (κ1) is 35.6. The zero-order valence-electron chi connectivity index (χ0n) is 26.1. The quantitative estimate of drug-likeness (QED) is 0.197. The summed E-state index contributed by atoms with van der Waals surface area (Å²) in [5.74, 6) is 0.309. The summed E-state index contributed by atoms with van der Waals surface area (Å²) in [5.41, 5.74) is 0.267. The highest BCUT2D eigenvalue weighted by atomic mass is 32.2. The van der Waals surface area contributed by atoms with Gasteiger partial charge in [-0.25, -0.2) is 4.79 Å². The van der Waals surface area contributed by atoms with Crippen LogP contribution in [0.2, 0.25) is 0 Å². The third-order valence-corrected chi connectivity index (χ3v) is 7.30. The van der Waals surface area contributed by atoms with E-state index in [1.165, 1.54) is 0 Å². The number of thioether (sulfide) groups is 1. The Labute approximate surface area is 246 Å². The summed E-state index contributed by atoms with van der Waals surface area (Å²) in [6.07, 6.45) is 5.96. The minimum absolute atomic E-state index is 0.00849. The molecular formula is C31H53N3O5S. The number of phenols is 1. The van der Waals surface area contributed by atoms with Crippen molar-refractivity contribution in [2.24, 2.45) is 5.92 Å². The van der Waals surface area contributed by atoms with Crippen molar-refractivity contribution in [3.63, 3.8) is 0 Å². The van der Waals surface area contributed by atoms with Gasteiger partial charge in [-0.2, -0.15) is 11.8 Å². The molecule has 3 N–H and O–H groups in total. The van der Waals surface area contributed by atoms with Crippen molar-refractivity contribution >= 4 is 29.7 Å². The second-order valence-corrected chi connectivity index (χ2v) is 12.9. The van der Waals surface area contributed by atoms with E-state index in [2.05, 4.69) is 31.4 Å². The molecule has 0 aromatic heterocycles. The Morgan fingerprint density at radius 1 is 1.07 bits per heavy atom. The molecule has 0 spiro atoms. The number of carbonyl (C=O) groups excluding carboxylic acids is 3. The maximum Gasteiger partial charge on any atom is 0.408 e. The minimum atomic E-state index is -1.06. The SMILES string of the molecule is CCCCCNC(=O)C(c1cccc(C)c1O)N(C(=O)C(CCSC)NC(=O)OC(C)(C)C)C(C)CCC(C)C. The Bertz CT molecular complexity index is 947. The van der Waals surface area contributed by atoms with Gasteiger partial charge < -0.3 is 25.4 Å². The molecule has 40 heavy (non-hydrogen) atoms. The fourth-order valence-electron chi connectivity index (χ4n) is 4.44. The monoisotopic (exact) mass is 579 g/mol. The Hall–Kier alpha value is -2.42. The molecule has 228 valence electrons. The first-order valence-corrected chi connectivity index (χ1v) is 16.0. The van der Waals surface area contributed by atoms with E-state index >= 15 is 0 Å². The molecule has 8 nitrogen and oxygen atoms in total. The number of hydrogen-bond acceptors (Lipinski definition) is 6. The molecule has 0 bridgehead atoms. The van der Waals surface area contributed by atoms with Crippen molar-refractivity contribution in [3.05, 3.63) is 29.3 Å². The zero-order chi connectivity index (χ0) is 30.5. The van der Waals surface area contributed by atoms with Crippen molar-refractivity contribution in [2.45, 2.75) is 118 Å². The summed E-state index contributed by atoms with van der Waals surface area (Å²) >= 11 is 1.57. The molecule has 9 heteroatoms. The van der Waals surface area contributed by atoms with Crippen LogP contribution in [-0.2, 0) is 14.3 Å². The second-order valence-electron chi connectivity index (χ2n) is 12.0. The standard InChI is InChI=1S/C31H53N3O5S/c1-10-11-12-19-32-28(36)26(24-15-13-14-22(4)27(24)35)34(23(5)17-16-21(2)3)29(37)25(18-20-40-9)33-30(38)39-31(6,7)8/h13-15,21,23,25-26,35H,10-12,16-20H2,1-9H3,(H,32,36)(H,33,38). The lowest BCUT2D eigenvalue weighted by Gasteiger charge is -2.39. The molecule has 1 rings (SSSR count). The van der Waals surface area contributed by atoms with Gasteiger partial charge in [0.25, 0.3) is 0 Å². The number of amides is 3. The topological polar surface area (TPSA) is 108 Å². The van der Waals surface area contributed by atoms with Crippen LogP contribution < -0.4 is 10.6 Å². The van der Waals surface area contributed by atoms with Crippen molar-refractivity contribution in [3.8, 4) is 5.75 Å². The Morgan fingerprint density at radius 2 is 1.75 bits per heavy atom. The molecule has 0 aliphatic heterocycles. The Morgan fingerprint density at radius 3 is 2.33 bits per heavy atom. The number of rotatable bonds is 16. The van der Waals surface area contributed by atoms with E-state index in [1.807, 2.05) is 13.2 Å². The molecule has 3 unspecified atom stereocenters. The molecule has 0 heterocycles. The summed E-state index contributed by atoms with van der Waals surface area (Å²) in [5, 5.41) is 16.9. The van der Waals surface area contributed by atoms with Crippen LogP contribution in [0.1, 0.15) is 104 Å². The number of aryl methyl sites for hydroxylation is 1. The second kappa shape index (κ2) is 17.4. The van der Waals surface area contributed by atoms with Crippen LogP contribution in [-0.4, -0.2) is 64.2 Å². The summed E-state index contributed by atoms with van der Waals surface area (Å²) in [6, 6.07) is 2.96. The van der Waals surface area contributed by atoms with Gasteiger partial charge in [-0.3, -0.25) is 9.59 Å². The van der Waals surface area contributed by atoms with E-state index in [1.54, 1.807) is 62.6 Å². The van der Waals surface area contributed by atoms with Crippen LogP contribution in [0.4, 0.5) is 4.79 Å². The number of phenolic OH excluding ortho intramolecular Hbond substituents is 1. The fourth-order valence-corrected chi connectivity index (χ4v) is 4.91. The molecule has 0 radical (unpaired) electrons. The van der Waals surface area contributed by atoms with Crippen LogP contribution in [0.3, 0.4) is 0 Å². The summed E-state index contributed by atoms with van der Waals surface area (Å²) in [6.45, 7) is 15.8. The average molecular weight is 580 g/mol. The van der Waals surface area contributed by atoms with E-state index in [0.29, 0.717) is 42.2 Å². The molecule has 1 aromatic rings. The van der Waals surface area contributed by atoms with Gasteiger partial charge in [0.05, 0.1) is 0 Å². The number of alkyl carbamates (subject to hydrolysis) is 1. The highest BCUT2D eigenvalue weighted by Gasteiger charge is 2.39. The number of para-hydroxylation sites is 1. The highest BCUT2D eigenvalue weighted by molar-refractivity contribution is 7.98. The molecule has 3 atom stereocenters. The molecular weight excluding hydrogens is 526 g/mol. The molecule has 0 saturated carbocycles. The van der Waals surface area contributed by atoms with Crippen molar-refractivity contribution in [2.75, 3.05) is 18.6 Å². The van der Waals surface area contributed by atoms with Crippen LogP contribution >= 0.6 is 11.8 Å². The first-order valence-electron chi connectivity index (χ1n) is 14.6. The lowest BCUT2D eigenvalue weighted by atomic mass is 9.95. The lowest BCUT2D eigenvalue weighted by molar-refractivity contribution is -0.145. The van der Waals surface area contributed by atoms with E-state index < -0.39 is 23.8 Å². The summed E-state index contributed by atoms with van der Waals surface area (Å²) < 4.78 is 5.47. The fraction of sp³-hybridized carbons (Fsp3) is 0.710. The normalized spacial score (nSPS) is 13.8. The predicted molar refractivity (Wildman–Crippen MR) is 165 cm³/mol. The average Bonchev–Trinajstić information content (AvgIpc) is 2.86. The largest absolute Gasteiger partial charge is 0.507 e. The Kier molecular flexibility index (Phi) is 15.5.